The van der Waals surface area contributed by atoms with Crippen LogP contribution in [0.2, 0.25) is 0 Å². The van der Waals surface area contributed by atoms with E-state index in [4.69, 9.17) is 0 Å². The summed E-state index contributed by atoms with van der Waals surface area (Å²) in [7, 11) is 1.18. The fourth-order valence-electron chi connectivity index (χ4n) is 2.88. The van der Waals surface area contributed by atoms with Gasteiger partial charge >= 0.3 is 5.97 Å². The summed E-state index contributed by atoms with van der Waals surface area (Å²) in [6, 6.07) is 10.3. The molecule has 0 saturated heterocycles. The zero-order chi connectivity index (χ0) is 23.3. The van der Waals surface area contributed by atoms with E-state index in [2.05, 4.69) is 25.7 Å². The maximum absolute atomic E-state index is 12.3. The van der Waals surface area contributed by atoms with Crippen LogP contribution in [0.4, 0.5) is 11.5 Å². The number of esters is 1. The standard InChI is InChI=1S/C21H25N5O6/c1-32-21(29)13-16(15-7-2-3-8-17(15)26(30)31)25-20(28)14-24-19(27)10-6-12-23-18-9-4-5-11-22-18/h2-5,7-9,11,16H,6,10,12-14H2,1H3,(H,22,23)(H,24,27)(H,25,28). The van der Waals surface area contributed by atoms with E-state index in [1.165, 1.54) is 25.3 Å². The molecule has 0 aliphatic heterocycles. The number of carbonyl (C=O) groups is 3. The average molecular weight is 443 g/mol. The summed E-state index contributed by atoms with van der Waals surface area (Å²) in [6.07, 6.45) is 2.10. The topological polar surface area (TPSA) is 153 Å². The maximum atomic E-state index is 12.3. The number of carbonyl (C=O) groups excluding carboxylic acids is 3. The Morgan fingerprint density at radius 2 is 1.88 bits per heavy atom. The molecule has 0 spiro atoms. The van der Waals surface area contributed by atoms with Gasteiger partial charge in [0.2, 0.25) is 11.8 Å². The van der Waals surface area contributed by atoms with Gasteiger partial charge in [-0.2, -0.15) is 0 Å². The molecule has 170 valence electrons. The number of rotatable bonds is 12. The Morgan fingerprint density at radius 3 is 2.56 bits per heavy atom. The first kappa shape index (κ1) is 24.3. The first-order chi connectivity index (χ1) is 15.4. The second-order valence-electron chi connectivity index (χ2n) is 6.74. The minimum atomic E-state index is -0.976. The SMILES string of the molecule is COC(=O)CC(NC(=O)CNC(=O)CCCNc1ccccn1)c1ccccc1[N+](=O)[O-]. The summed E-state index contributed by atoms with van der Waals surface area (Å²) >= 11 is 0. The first-order valence-electron chi connectivity index (χ1n) is 9.91. The molecule has 3 N–H and O–H groups in total. The van der Waals surface area contributed by atoms with Crippen LogP contribution < -0.4 is 16.0 Å². The first-order valence-corrected chi connectivity index (χ1v) is 9.91. The van der Waals surface area contributed by atoms with Crippen LogP contribution in [0.15, 0.2) is 48.7 Å². The molecular weight excluding hydrogens is 418 g/mol. The Morgan fingerprint density at radius 1 is 1.12 bits per heavy atom. The molecule has 0 bridgehead atoms. The molecule has 0 aliphatic carbocycles. The highest BCUT2D eigenvalue weighted by molar-refractivity contribution is 5.85. The second-order valence-corrected chi connectivity index (χ2v) is 6.74. The van der Waals surface area contributed by atoms with E-state index in [9.17, 15) is 24.5 Å². The molecule has 1 aromatic heterocycles. The Hall–Kier alpha value is -4.02. The molecule has 1 atom stereocenters. The molecular formula is C21H25N5O6. The third-order valence-corrected chi connectivity index (χ3v) is 4.44. The molecule has 1 aromatic carbocycles. The lowest BCUT2D eigenvalue weighted by molar-refractivity contribution is -0.385. The van der Waals surface area contributed by atoms with Crippen molar-refractivity contribution in [1.82, 2.24) is 15.6 Å². The molecule has 0 saturated carbocycles. The van der Waals surface area contributed by atoms with Crippen LogP contribution in [0.1, 0.15) is 30.9 Å². The van der Waals surface area contributed by atoms with Crippen molar-refractivity contribution >= 4 is 29.3 Å². The van der Waals surface area contributed by atoms with Crippen molar-refractivity contribution in [1.29, 1.82) is 0 Å². The summed E-state index contributed by atoms with van der Waals surface area (Å²) in [5.74, 6) is -0.841. The van der Waals surface area contributed by atoms with Crippen molar-refractivity contribution in [3.63, 3.8) is 0 Å². The largest absolute Gasteiger partial charge is 0.469 e. The van der Waals surface area contributed by atoms with E-state index in [0.717, 1.165) is 0 Å². The predicted octanol–water partition coefficient (Wildman–Crippen LogP) is 1.72. The van der Waals surface area contributed by atoms with E-state index >= 15 is 0 Å². The number of ether oxygens (including phenoxy) is 1. The molecule has 0 aliphatic rings. The van der Waals surface area contributed by atoms with Gasteiger partial charge in [-0.1, -0.05) is 24.3 Å². The van der Waals surface area contributed by atoms with Gasteiger partial charge in [-0.25, -0.2) is 4.98 Å². The lowest BCUT2D eigenvalue weighted by Crippen LogP contribution is -2.39. The minimum Gasteiger partial charge on any atom is -0.469 e. The molecule has 1 heterocycles. The van der Waals surface area contributed by atoms with Gasteiger partial charge in [0.1, 0.15) is 5.82 Å². The van der Waals surface area contributed by atoms with Crippen molar-refractivity contribution in [2.75, 3.05) is 25.5 Å². The van der Waals surface area contributed by atoms with Gasteiger partial charge in [-0.05, 0) is 18.6 Å². The third kappa shape index (κ3) is 8.01. The number of nitrogens with zero attached hydrogens (tertiary/aromatic N) is 2. The normalized spacial score (nSPS) is 11.2. The molecule has 0 fully saturated rings. The van der Waals surface area contributed by atoms with Gasteiger partial charge < -0.3 is 20.7 Å². The van der Waals surface area contributed by atoms with Gasteiger partial charge in [0.05, 0.1) is 36.6 Å². The number of anilines is 1. The fraction of sp³-hybridized carbons (Fsp3) is 0.333. The van der Waals surface area contributed by atoms with E-state index in [1.54, 1.807) is 18.3 Å². The van der Waals surface area contributed by atoms with Gasteiger partial charge in [-0.3, -0.25) is 24.5 Å². The van der Waals surface area contributed by atoms with Crippen LogP contribution >= 0.6 is 0 Å². The van der Waals surface area contributed by atoms with Gasteiger partial charge in [0.15, 0.2) is 0 Å². The van der Waals surface area contributed by atoms with Crippen LogP contribution in [0.25, 0.3) is 0 Å². The number of nitro groups is 1. The Bertz CT molecular complexity index is 937. The summed E-state index contributed by atoms with van der Waals surface area (Å²) < 4.78 is 4.63. The molecule has 11 nitrogen and oxygen atoms in total. The number of para-hydroxylation sites is 1. The smallest absolute Gasteiger partial charge is 0.307 e. The number of benzene rings is 1. The molecule has 2 rings (SSSR count). The van der Waals surface area contributed by atoms with Gasteiger partial charge in [0, 0.05) is 25.2 Å². The third-order valence-electron chi connectivity index (χ3n) is 4.44. The van der Waals surface area contributed by atoms with Crippen LogP contribution in [0.5, 0.6) is 0 Å². The fourth-order valence-corrected chi connectivity index (χ4v) is 2.88. The molecule has 0 radical (unpaired) electrons. The highest BCUT2D eigenvalue weighted by Gasteiger charge is 2.26. The highest BCUT2D eigenvalue weighted by atomic mass is 16.6. The lowest BCUT2D eigenvalue weighted by Gasteiger charge is -2.18. The number of pyridine rings is 1. The molecule has 11 heteroatoms. The highest BCUT2D eigenvalue weighted by Crippen LogP contribution is 2.27. The molecule has 32 heavy (non-hydrogen) atoms. The summed E-state index contributed by atoms with van der Waals surface area (Å²) in [4.78, 5) is 50.9. The maximum Gasteiger partial charge on any atom is 0.307 e. The van der Waals surface area contributed by atoms with Crippen molar-refractivity contribution in [2.45, 2.75) is 25.3 Å². The van der Waals surface area contributed by atoms with Crippen LogP contribution in [-0.2, 0) is 19.1 Å². The van der Waals surface area contributed by atoms with Gasteiger partial charge in [0.25, 0.3) is 5.69 Å². The Kier molecular flexibility index (Phi) is 9.57. The number of methoxy groups -OCH3 is 1. The van der Waals surface area contributed by atoms with Crippen molar-refractivity contribution in [2.24, 2.45) is 0 Å². The number of nitro benzene ring substituents is 1. The monoisotopic (exact) mass is 443 g/mol. The Balaban J connectivity index is 1.85. The summed E-state index contributed by atoms with van der Waals surface area (Å²) in [5, 5.41) is 19.4. The zero-order valence-electron chi connectivity index (χ0n) is 17.6. The molecule has 2 aromatic rings. The number of hydrogen-bond acceptors (Lipinski definition) is 8. The number of nitrogens with one attached hydrogen (secondary N) is 3. The van der Waals surface area contributed by atoms with Crippen LogP contribution in [0.3, 0.4) is 0 Å². The van der Waals surface area contributed by atoms with E-state index in [0.29, 0.717) is 18.8 Å². The minimum absolute atomic E-state index is 0.170. The molecule has 1 unspecified atom stereocenters. The van der Waals surface area contributed by atoms with Crippen molar-refractivity contribution in [3.05, 3.63) is 64.3 Å². The Labute approximate surface area is 184 Å². The zero-order valence-corrected chi connectivity index (χ0v) is 17.6. The van der Waals surface area contributed by atoms with Crippen molar-refractivity contribution < 1.29 is 24.0 Å². The average Bonchev–Trinajstić information content (AvgIpc) is 2.80. The van der Waals surface area contributed by atoms with E-state index in [-0.39, 0.29) is 36.5 Å². The second kappa shape index (κ2) is 12.6. The van der Waals surface area contributed by atoms with Crippen LogP contribution in [0, 0.1) is 10.1 Å². The summed E-state index contributed by atoms with van der Waals surface area (Å²) in [6.45, 7) is 0.209. The summed E-state index contributed by atoms with van der Waals surface area (Å²) in [5.41, 5.74) is -0.0608. The van der Waals surface area contributed by atoms with Crippen LogP contribution in [-0.4, -0.2) is 47.9 Å². The number of aromatic nitrogens is 1. The quantitative estimate of drug-likeness (QED) is 0.194. The van der Waals surface area contributed by atoms with E-state index in [1.807, 2.05) is 12.1 Å². The van der Waals surface area contributed by atoms with Crippen molar-refractivity contribution in [3.8, 4) is 0 Å². The van der Waals surface area contributed by atoms with Gasteiger partial charge in [-0.15, -0.1) is 0 Å². The number of amides is 2. The lowest BCUT2D eigenvalue weighted by atomic mass is 10.0. The number of hydrogen-bond donors (Lipinski definition) is 3. The van der Waals surface area contributed by atoms with E-state index < -0.39 is 22.8 Å². The molecule has 2 amide bonds. The predicted molar refractivity (Wildman–Crippen MR) is 116 cm³/mol.